The fourth-order valence-electron chi connectivity index (χ4n) is 7.50. The molecule has 2 aromatic carbocycles. The number of carbonyl (C=O) groups excluding carboxylic acids is 6. The van der Waals surface area contributed by atoms with Gasteiger partial charge in [-0.25, -0.2) is 18.4 Å². The van der Waals surface area contributed by atoms with E-state index in [0.29, 0.717) is 37.2 Å². The predicted molar refractivity (Wildman–Crippen MR) is 221 cm³/mol. The van der Waals surface area contributed by atoms with Gasteiger partial charge >= 0.3 is 18.1 Å². The first kappa shape index (κ1) is 47.7. The molecule has 1 unspecified atom stereocenters. The number of thioether (sulfide) groups is 1. The highest BCUT2D eigenvalue weighted by atomic mass is 32.2. The number of esters is 2. The Balaban J connectivity index is 1.37. The van der Waals surface area contributed by atoms with Crippen LogP contribution in [-0.4, -0.2) is 99.8 Å². The third kappa shape index (κ3) is 13.1. The van der Waals surface area contributed by atoms with Crippen molar-refractivity contribution in [1.82, 2.24) is 25.0 Å². The fourth-order valence-corrected chi connectivity index (χ4v) is 8.41. The largest absolute Gasteiger partial charge is 0.491 e. The average molecular weight is 888 g/mol. The molecule has 1 aromatic heterocycles. The Labute approximate surface area is 360 Å². The van der Waals surface area contributed by atoms with Gasteiger partial charge in [0, 0.05) is 67.0 Å². The molecule has 0 saturated carbocycles. The highest BCUT2D eigenvalue weighted by Gasteiger charge is 2.44. The maximum atomic E-state index is 15.2. The second-order valence-corrected chi connectivity index (χ2v) is 17.4. The average Bonchev–Trinajstić information content (AvgIpc) is 3.95. The zero-order valence-corrected chi connectivity index (χ0v) is 35.5. The van der Waals surface area contributed by atoms with Crippen LogP contribution < -0.4 is 10.6 Å². The van der Waals surface area contributed by atoms with Crippen molar-refractivity contribution in [3.8, 4) is 11.1 Å². The van der Waals surface area contributed by atoms with Gasteiger partial charge in [-0.3, -0.25) is 24.1 Å². The molecule has 62 heavy (non-hydrogen) atoms. The number of ether oxygens (including phenoxy) is 1. The number of nitrogens with zero attached hydrogens (tertiary/aromatic N) is 3. The van der Waals surface area contributed by atoms with Crippen LogP contribution in [0.25, 0.3) is 11.1 Å². The number of benzene rings is 2. The van der Waals surface area contributed by atoms with E-state index in [1.807, 2.05) is 55.7 Å². The van der Waals surface area contributed by atoms with Crippen LogP contribution in [0.5, 0.6) is 0 Å². The summed E-state index contributed by atoms with van der Waals surface area (Å²) in [5.74, 6) is -8.40. The smallest absolute Gasteiger partial charge is 0.385 e. The minimum absolute atomic E-state index is 0.0369. The molecule has 3 aromatic rings. The van der Waals surface area contributed by atoms with Crippen molar-refractivity contribution >= 4 is 47.3 Å². The Morgan fingerprint density at radius 3 is 2.32 bits per heavy atom. The number of carbonyl (C=O) groups is 6. The number of aromatic nitrogens is 1. The standard InChI is InChI=1S/C44H50F5N5O7S/c1-43(2,3)40(35-20-30(32-21-31(45)13-14-33(32)46)25-52(35)23-28-10-6-4-7-11-28)54(24-29-17-18-50-22-29)39(58)27-62-26-34(41(59)61-42(60)44(47,48)49)51-36(55)12-8-5-9-19-53-37(56)15-16-38(53)57/h4,6-7,10-11,13-16,20-21,25,29,34,40,50H,5,8-9,12,17-19,22-24,26-27H2,1-3H3,(H,51,55)/t29?,34-,40-/m0/s1. The molecule has 0 bridgehead atoms. The van der Waals surface area contributed by atoms with E-state index in [4.69, 9.17) is 0 Å². The third-order valence-corrected chi connectivity index (χ3v) is 11.5. The lowest BCUT2D eigenvalue weighted by molar-refractivity contribution is -0.202. The SMILES string of the molecule is CC(C)(C)[C@H](c1cc(-c2cc(F)ccc2F)cn1Cc1ccccc1)N(CC1CCNC1)C(=O)CSC[C@H](NC(=O)CCCCCN1C(=O)C=CC1=O)C(=O)OC(=O)C(F)(F)F. The van der Waals surface area contributed by atoms with Crippen molar-refractivity contribution in [2.75, 3.05) is 37.7 Å². The van der Waals surface area contributed by atoms with Crippen molar-refractivity contribution in [2.24, 2.45) is 11.3 Å². The molecule has 5 rings (SSSR count). The van der Waals surface area contributed by atoms with Gasteiger partial charge in [0.1, 0.15) is 17.7 Å². The molecule has 3 atom stereocenters. The number of imide groups is 1. The lowest BCUT2D eigenvalue weighted by Crippen LogP contribution is -2.47. The van der Waals surface area contributed by atoms with Crippen molar-refractivity contribution in [2.45, 2.75) is 77.7 Å². The number of rotatable bonds is 19. The predicted octanol–water partition coefficient (Wildman–Crippen LogP) is 6.34. The summed E-state index contributed by atoms with van der Waals surface area (Å²) >= 11 is 0.854. The molecule has 334 valence electrons. The Morgan fingerprint density at radius 2 is 1.68 bits per heavy atom. The molecule has 2 aliphatic heterocycles. The van der Waals surface area contributed by atoms with Crippen molar-refractivity contribution in [3.05, 3.63) is 95.8 Å². The van der Waals surface area contributed by atoms with Crippen LogP contribution in [0.3, 0.4) is 0 Å². The summed E-state index contributed by atoms with van der Waals surface area (Å²) < 4.78 is 75.0. The van der Waals surface area contributed by atoms with Gasteiger partial charge in [-0.1, -0.05) is 57.5 Å². The van der Waals surface area contributed by atoms with Gasteiger partial charge in [0.05, 0.1) is 11.8 Å². The van der Waals surface area contributed by atoms with Gasteiger partial charge in [-0.2, -0.15) is 13.2 Å². The molecule has 0 aliphatic carbocycles. The van der Waals surface area contributed by atoms with Crippen molar-refractivity contribution < 1.29 is 55.5 Å². The molecule has 1 fully saturated rings. The Bertz CT molecular complexity index is 2110. The van der Waals surface area contributed by atoms with E-state index in [2.05, 4.69) is 15.4 Å². The van der Waals surface area contributed by atoms with Gasteiger partial charge in [0.2, 0.25) is 11.8 Å². The number of amides is 4. The molecule has 4 amide bonds. The topological polar surface area (TPSA) is 147 Å². The number of nitrogens with one attached hydrogen (secondary N) is 2. The highest BCUT2D eigenvalue weighted by Crippen LogP contribution is 2.42. The summed E-state index contributed by atoms with van der Waals surface area (Å²) in [7, 11) is 0. The summed E-state index contributed by atoms with van der Waals surface area (Å²) in [4.78, 5) is 78.4. The zero-order chi connectivity index (χ0) is 45.2. The summed E-state index contributed by atoms with van der Waals surface area (Å²) in [6.45, 7) is 7.93. The molecule has 3 heterocycles. The van der Waals surface area contributed by atoms with Gasteiger partial charge in [0.15, 0.2) is 0 Å². The van der Waals surface area contributed by atoms with Gasteiger partial charge in [-0.05, 0) is 73.5 Å². The molecular weight excluding hydrogens is 838 g/mol. The minimum atomic E-state index is -5.49. The van der Waals surface area contributed by atoms with E-state index in [0.717, 1.165) is 65.5 Å². The summed E-state index contributed by atoms with van der Waals surface area (Å²) in [5.41, 5.74) is 1.32. The van der Waals surface area contributed by atoms with Crippen LogP contribution in [-0.2, 0) is 40.0 Å². The van der Waals surface area contributed by atoms with E-state index < -0.39 is 76.6 Å². The first-order chi connectivity index (χ1) is 29.3. The Hall–Kier alpha value is -5.36. The lowest BCUT2D eigenvalue weighted by atomic mass is 9.82. The van der Waals surface area contributed by atoms with Crippen LogP contribution in [0.4, 0.5) is 22.0 Å². The van der Waals surface area contributed by atoms with Crippen LogP contribution in [0, 0.1) is 23.0 Å². The van der Waals surface area contributed by atoms with E-state index in [1.54, 1.807) is 17.2 Å². The maximum Gasteiger partial charge on any atom is 0.491 e. The maximum absolute atomic E-state index is 15.2. The molecular formula is C44H50F5N5O7S. The van der Waals surface area contributed by atoms with E-state index in [1.165, 1.54) is 0 Å². The number of hydrogen-bond acceptors (Lipinski definition) is 9. The van der Waals surface area contributed by atoms with Crippen LogP contribution in [0.1, 0.15) is 70.2 Å². The molecule has 0 spiro atoms. The normalized spacial score (nSPS) is 16.4. The zero-order valence-electron chi connectivity index (χ0n) is 34.6. The quantitative estimate of drug-likeness (QED) is 0.0463. The van der Waals surface area contributed by atoms with Crippen molar-refractivity contribution in [3.63, 3.8) is 0 Å². The van der Waals surface area contributed by atoms with E-state index in [9.17, 15) is 46.3 Å². The van der Waals surface area contributed by atoms with Crippen LogP contribution in [0.2, 0.25) is 0 Å². The molecule has 1 saturated heterocycles. The Morgan fingerprint density at radius 1 is 0.968 bits per heavy atom. The number of hydrogen-bond donors (Lipinski definition) is 2. The summed E-state index contributed by atoms with van der Waals surface area (Å²) in [6, 6.07) is 12.0. The second kappa shape index (κ2) is 21.1. The van der Waals surface area contributed by atoms with Crippen LogP contribution >= 0.6 is 11.8 Å². The van der Waals surface area contributed by atoms with E-state index >= 15 is 4.39 Å². The summed E-state index contributed by atoms with van der Waals surface area (Å²) in [5, 5.41) is 5.65. The molecule has 2 aliphatic rings. The van der Waals surface area contributed by atoms with Crippen molar-refractivity contribution in [1.29, 1.82) is 0 Å². The first-order valence-electron chi connectivity index (χ1n) is 20.2. The fraction of sp³-hybridized carbons (Fsp3) is 0.455. The lowest BCUT2D eigenvalue weighted by Gasteiger charge is -2.42. The second-order valence-electron chi connectivity index (χ2n) is 16.4. The van der Waals surface area contributed by atoms with Gasteiger partial charge in [0.25, 0.3) is 11.8 Å². The highest BCUT2D eigenvalue weighted by molar-refractivity contribution is 8.00. The first-order valence-corrected chi connectivity index (χ1v) is 21.4. The van der Waals surface area contributed by atoms with Gasteiger partial charge < -0.3 is 24.8 Å². The third-order valence-electron chi connectivity index (χ3n) is 10.5. The summed E-state index contributed by atoms with van der Waals surface area (Å²) in [6.07, 6.45) is 0.124. The minimum Gasteiger partial charge on any atom is -0.385 e. The number of unbranched alkanes of at least 4 members (excludes halogenated alkanes) is 2. The molecule has 18 heteroatoms. The molecule has 0 radical (unpaired) electrons. The number of halogens is 5. The van der Waals surface area contributed by atoms with Crippen LogP contribution in [0.15, 0.2) is 72.9 Å². The monoisotopic (exact) mass is 887 g/mol. The molecule has 2 N–H and O–H groups in total. The molecule has 12 nitrogen and oxygen atoms in total. The number of alkyl halides is 3. The van der Waals surface area contributed by atoms with Gasteiger partial charge in [-0.15, -0.1) is 11.8 Å². The Kier molecular flexibility index (Phi) is 16.3. The van der Waals surface area contributed by atoms with E-state index in [-0.39, 0.29) is 43.2 Å².